The van der Waals surface area contributed by atoms with Crippen LogP contribution in [0.5, 0.6) is 11.5 Å². The molecule has 8 nitrogen and oxygen atoms in total. The Balaban J connectivity index is 3.25. The van der Waals surface area contributed by atoms with Gasteiger partial charge >= 0.3 is 6.09 Å². The van der Waals surface area contributed by atoms with E-state index in [0.717, 1.165) is 5.56 Å². The second kappa shape index (κ2) is 12.0. The highest BCUT2D eigenvalue weighted by Crippen LogP contribution is 2.26. The largest absolute Gasteiger partial charge is 0.497 e. The van der Waals surface area contributed by atoms with Crippen LogP contribution in [-0.4, -0.2) is 69.1 Å². The number of hydrogen-bond donors (Lipinski definition) is 2. The quantitative estimate of drug-likeness (QED) is 0.529. The number of ether oxygens (including phenoxy) is 5. The first kappa shape index (κ1) is 26.0. The van der Waals surface area contributed by atoms with Gasteiger partial charge in [0, 0.05) is 19.3 Å². The molecule has 172 valence electrons. The molecule has 0 radical (unpaired) electrons. The van der Waals surface area contributed by atoms with Crippen LogP contribution in [0.4, 0.5) is 4.79 Å². The molecule has 0 saturated heterocycles. The fourth-order valence-corrected chi connectivity index (χ4v) is 2.85. The van der Waals surface area contributed by atoms with Crippen LogP contribution in [0.3, 0.4) is 0 Å². The monoisotopic (exact) mass is 427 g/mol. The summed E-state index contributed by atoms with van der Waals surface area (Å²) in [6, 6.07) is 4.66. The molecular weight excluding hydrogens is 390 g/mol. The van der Waals surface area contributed by atoms with Crippen molar-refractivity contribution >= 4 is 6.09 Å². The van der Waals surface area contributed by atoms with Crippen molar-refractivity contribution in [2.45, 2.75) is 58.3 Å². The van der Waals surface area contributed by atoms with E-state index in [2.05, 4.69) is 5.32 Å². The van der Waals surface area contributed by atoms with Crippen molar-refractivity contribution in [3.63, 3.8) is 0 Å². The van der Waals surface area contributed by atoms with Crippen LogP contribution in [0.25, 0.3) is 0 Å². The Kier molecular flexibility index (Phi) is 10.4. The van der Waals surface area contributed by atoms with Gasteiger partial charge in [0.15, 0.2) is 0 Å². The van der Waals surface area contributed by atoms with E-state index in [4.69, 9.17) is 23.7 Å². The van der Waals surface area contributed by atoms with Crippen molar-refractivity contribution in [3.05, 3.63) is 23.8 Å². The molecule has 30 heavy (non-hydrogen) atoms. The molecule has 0 heterocycles. The normalized spacial score (nSPS) is 12.9. The van der Waals surface area contributed by atoms with Gasteiger partial charge in [0.05, 0.1) is 33.5 Å². The summed E-state index contributed by atoms with van der Waals surface area (Å²) >= 11 is 0. The van der Waals surface area contributed by atoms with E-state index >= 15 is 0 Å². The first-order valence-corrected chi connectivity index (χ1v) is 10.2. The summed E-state index contributed by atoms with van der Waals surface area (Å²) in [7, 11) is 3.13. The maximum atomic E-state index is 12.5. The van der Waals surface area contributed by atoms with Gasteiger partial charge in [0.2, 0.25) is 0 Å². The molecule has 0 aliphatic carbocycles. The molecule has 0 aliphatic heterocycles. The summed E-state index contributed by atoms with van der Waals surface area (Å²) in [6.07, 6.45) is -0.350. The van der Waals surface area contributed by atoms with Gasteiger partial charge in [-0.1, -0.05) is 0 Å². The molecule has 0 spiro atoms. The number of aliphatic hydroxyl groups is 1. The summed E-state index contributed by atoms with van der Waals surface area (Å²) in [6.45, 7) is 9.83. The number of carbonyl (C=O) groups excluding carboxylic acids is 1. The van der Waals surface area contributed by atoms with E-state index in [-0.39, 0.29) is 19.6 Å². The van der Waals surface area contributed by atoms with E-state index < -0.39 is 23.3 Å². The predicted molar refractivity (Wildman–Crippen MR) is 114 cm³/mol. The number of benzene rings is 1. The number of amides is 1. The Hall–Kier alpha value is -2.03. The van der Waals surface area contributed by atoms with Crippen LogP contribution < -0.4 is 14.8 Å². The summed E-state index contributed by atoms with van der Waals surface area (Å²) in [4.78, 5) is 12.5. The average Bonchev–Trinajstić information content (AvgIpc) is 2.68. The third-order valence-corrected chi connectivity index (χ3v) is 4.30. The van der Waals surface area contributed by atoms with E-state index in [1.165, 1.54) is 0 Å². The molecule has 2 N–H and O–H groups in total. The van der Waals surface area contributed by atoms with Crippen LogP contribution >= 0.6 is 0 Å². The maximum Gasteiger partial charge on any atom is 0.407 e. The minimum atomic E-state index is -1.47. The van der Waals surface area contributed by atoms with Crippen LogP contribution in [0, 0.1) is 0 Å². The second-order valence-corrected chi connectivity index (χ2v) is 8.00. The first-order chi connectivity index (χ1) is 14.1. The van der Waals surface area contributed by atoms with Crippen molar-refractivity contribution in [3.8, 4) is 11.5 Å². The molecule has 0 aromatic heterocycles. The zero-order valence-electron chi connectivity index (χ0n) is 19.2. The molecule has 1 amide bonds. The highest BCUT2D eigenvalue weighted by atomic mass is 16.6. The molecule has 1 aromatic carbocycles. The zero-order chi connectivity index (χ0) is 22.8. The SMILES string of the molecule is CCOCC(O)(COCC)C(Cc1cc(OC)cc(OC)c1)NC(=O)OC(C)(C)C. The maximum absolute atomic E-state index is 12.5. The van der Waals surface area contributed by atoms with Gasteiger partial charge in [-0.3, -0.25) is 0 Å². The van der Waals surface area contributed by atoms with Crippen molar-refractivity contribution < 1.29 is 33.6 Å². The molecule has 0 saturated carbocycles. The summed E-state index contributed by atoms with van der Waals surface area (Å²) in [5.41, 5.74) is -1.34. The average molecular weight is 428 g/mol. The Morgan fingerprint density at radius 2 is 1.50 bits per heavy atom. The summed E-state index contributed by atoms with van der Waals surface area (Å²) in [5.74, 6) is 1.22. The van der Waals surface area contributed by atoms with Crippen LogP contribution in [0.1, 0.15) is 40.2 Å². The smallest absolute Gasteiger partial charge is 0.407 e. The van der Waals surface area contributed by atoms with Gasteiger partial charge in [0.1, 0.15) is 22.7 Å². The second-order valence-electron chi connectivity index (χ2n) is 8.00. The van der Waals surface area contributed by atoms with Gasteiger partial charge in [-0.05, 0) is 58.7 Å². The summed E-state index contributed by atoms with van der Waals surface area (Å²) in [5, 5.41) is 14.2. The third-order valence-electron chi connectivity index (χ3n) is 4.30. The van der Waals surface area contributed by atoms with E-state index in [9.17, 15) is 9.90 Å². The lowest BCUT2D eigenvalue weighted by atomic mass is 9.90. The van der Waals surface area contributed by atoms with Gasteiger partial charge in [-0.15, -0.1) is 0 Å². The molecule has 1 aromatic rings. The lowest BCUT2D eigenvalue weighted by Crippen LogP contribution is -2.59. The fraction of sp³-hybridized carbons (Fsp3) is 0.682. The lowest BCUT2D eigenvalue weighted by molar-refractivity contribution is -0.112. The number of carbonyl (C=O) groups is 1. The Labute approximate surface area is 179 Å². The topological polar surface area (TPSA) is 95.5 Å². The van der Waals surface area contributed by atoms with Crippen LogP contribution in [0.15, 0.2) is 18.2 Å². The minimum absolute atomic E-state index is 0.00886. The van der Waals surface area contributed by atoms with E-state index in [1.807, 2.05) is 26.0 Å². The highest BCUT2D eigenvalue weighted by molar-refractivity contribution is 5.68. The van der Waals surface area contributed by atoms with Crippen molar-refractivity contribution in [1.82, 2.24) is 5.32 Å². The molecule has 1 atom stereocenters. The molecule has 1 unspecified atom stereocenters. The summed E-state index contributed by atoms with van der Waals surface area (Å²) < 4.78 is 27.1. The minimum Gasteiger partial charge on any atom is -0.497 e. The van der Waals surface area contributed by atoms with Crippen LogP contribution in [0.2, 0.25) is 0 Å². The Bertz CT molecular complexity index is 627. The van der Waals surface area contributed by atoms with Gasteiger partial charge in [-0.25, -0.2) is 4.79 Å². The van der Waals surface area contributed by atoms with Gasteiger partial charge in [0.25, 0.3) is 0 Å². The molecule has 8 heteroatoms. The van der Waals surface area contributed by atoms with Crippen molar-refractivity contribution in [2.24, 2.45) is 0 Å². The Morgan fingerprint density at radius 1 is 1.00 bits per heavy atom. The molecule has 0 aliphatic rings. The zero-order valence-corrected chi connectivity index (χ0v) is 19.2. The Morgan fingerprint density at radius 3 is 1.90 bits per heavy atom. The van der Waals surface area contributed by atoms with Crippen LogP contribution in [-0.2, 0) is 20.6 Å². The third kappa shape index (κ3) is 8.77. The molecule has 1 rings (SSSR count). The highest BCUT2D eigenvalue weighted by Gasteiger charge is 2.39. The number of rotatable bonds is 12. The van der Waals surface area contributed by atoms with E-state index in [1.54, 1.807) is 41.1 Å². The van der Waals surface area contributed by atoms with Crippen molar-refractivity contribution in [2.75, 3.05) is 40.6 Å². The molecular formula is C22H37NO7. The number of nitrogens with one attached hydrogen (secondary N) is 1. The number of alkyl carbamates (subject to hydrolysis) is 1. The lowest BCUT2D eigenvalue weighted by Gasteiger charge is -2.36. The van der Waals surface area contributed by atoms with Gasteiger partial charge < -0.3 is 34.1 Å². The van der Waals surface area contributed by atoms with E-state index in [0.29, 0.717) is 24.7 Å². The van der Waals surface area contributed by atoms with Crippen molar-refractivity contribution in [1.29, 1.82) is 0 Å². The van der Waals surface area contributed by atoms with Gasteiger partial charge in [-0.2, -0.15) is 0 Å². The standard InChI is InChI=1S/C22H37NO7/c1-8-28-14-22(25,15-29-9-2)19(23-20(24)30-21(3,4)5)12-16-10-17(26-6)13-18(11-16)27-7/h10-11,13,19,25H,8-9,12,14-15H2,1-7H3,(H,23,24). The first-order valence-electron chi connectivity index (χ1n) is 10.2. The predicted octanol–water partition coefficient (Wildman–Crippen LogP) is 2.94. The number of hydrogen-bond acceptors (Lipinski definition) is 7. The number of methoxy groups -OCH3 is 2. The fourth-order valence-electron chi connectivity index (χ4n) is 2.85. The molecule has 0 fully saturated rings. The molecule has 0 bridgehead atoms.